The van der Waals surface area contributed by atoms with Crippen LogP contribution >= 0.6 is 23.1 Å². The molecule has 1 amide bonds. The van der Waals surface area contributed by atoms with E-state index in [2.05, 4.69) is 4.98 Å². The fraction of sp³-hybridized carbons (Fsp3) is 0.412. The number of thiazole rings is 1. The highest BCUT2D eigenvalue weighted by Gasteiger charge is 2.33. The number of aromatic nitrogens is 1. The van der Waals surface area contributed by atoms with Crippen LogP contribution in [0.15, 0.2) is 34.5 Å². The first-order valence-electron chi connectivity index (χ1n) is 7.96. The molecule has 1 fully saturated rings. The average molecular weight is 397 g/mol. The molecule has 2 heterocycles. The Morgan fingerprint density at radius 2 is 2.16 bits per heavy atom. The fourth-order valence-electron chi connectivity index (χ4n) is 2.83. The van der Waals surface area contributed by atoms with E-state index in [0.29, 0.717) is 17.7 Å². The first-order valence-corrected chi connectivity index (χ1v) is 11.6. The largest absolute Gasteiger partial charge is 0.338 e. The number of nitrogens with zero attached hydrogens (tertiary/aromatic N) is 2. The van der Waals surface area contributed by atoms with E-state index < -0.39 is 9.84 Å². The van der Waals surface area contributed by atoms with Gasteiger partial charge in [0, 0.05) is 29.1 Å². The number of carbonyl (C=O) groups is 1. The Labute approximate surface area is 156 Å². The van der Waals surface area contributed by atoms with Crippen molar-refractivity contribution in [1.29, 1.82) is 0 Å². The zero-order valence-corrected chi connectivity index (χ0v) is 16.6. The molecule has 0 spiro atoms. The third-order valence-electron chi connectivity index (χ3n) is 4.24. The quantitative estimate of drug-likeness (QED) is 0.727. The first kappa shape index (κ1) is 18.4. The second kappa shape index (κ2) is 7.47. The Morgan fingerprint density at radius 1 is 1.40 bits per heavy atom. The lowest BCUT2D eigenvalue weighted by Crippen LogP contribution is -2.38. The molecular formula is C17H20N2O3S3. The van der Waals surface area contributed by atoms with Crippen LogP contribution in [0.5, 0.6) is 0 Å². The smallest absolute Gasteiger partial charge is 0.255 e. The topological polar surface area (TPSA) is 67.3 Å². The minimum absolute atomic E-state index is 0.0582. The third kappa shape index (κ3) is 4.43. The lowest BCUT2D eigenvalue weighted by Gasteiger charge is -2.24. The number of amides is 1. The molecule has 25 heavy (non-hydrogen) atoms. The van der Waals surface area contributed by atoms with E-state index in [9.17, 15) is 13.2 Å². The van der Waals surface area contributed by atoms with Crippen LogP contribution < -0.4 is 0 Å². The lowest BCUT2D eigenvalue weighted by molar-refractivity contribution is 0.0744. The summed E-state index contributed by atoms with van der Waals surface area (Å²) in [6.45, 7) is 1.97. The summed E-state index contributed by atoms with van der Waals surface area (Å²) in [5.74, 6) is 0.799. The second-order valence-corrected chi connectivity index (χ2v) is 10.4. The van der Waals surface area contributed by atoms with Gasteiger partial charge in [-0.15, -0.1) is 23.1 Å². The summed E-state index contributed by atoms with van der Waals surface area (Å²) in [6, 6.07) is 7.24. The van der Waals surface area contributed by atoms with Crippen molar-refractivity contribution in [3.63, 3.8) is 0 Å². The number of carbonyl (C=O) groups excluding carboxylic acids is 1. The number of thioether (sulfide) groups is 1. The highest BCUT2D eigenvalue weighted by Crippen LogP contribution is 2.28. The molecular weight excluding hydrogens is 376 g/mol. The van der Waals surface area contributed by atoms with Gasteiger partial charge in [-0.2, -0.15) is 0 Å². The van der Waals surface area contributed by atoms with E-state index in [0.717, 1.165) is 15.6 Å². The van der Waals surface area contributed by atoms with Gasteiger partial charge in [-0.05, 0) is 25.5 Å². The Hall–Kier alpha value is -1.38. The number of sulfone groups is 1. The van der Waals surface area contributed by atoms with Crippen molar-refractivity contribution in [2.75, 3.05) is 18.6 Å². The molecule has 1 unspecified atom stereocenters. The van der Waals surface area contributed by atoms with Crippen LogP contribution in [-0.2, 0) is 15.6 Å². The molecule has 0 N–H and O–H groups in total. The molecule has 1 atom stereocenters. The van der Waals surface area contributed by atoms with Gasteiger partial charge in [0.1, 0.15) is 0 Å². The van der Waals surface area contributed by atoms with Crippen LogP contribution in [0.25, 0.3) is 0 Å². The minimum Gasteiger partial charge on any atom is -0.338 e. The summed E-state index contributed by atoms with van der Waals surface area (Å²) < 4.78 is 23.4. The van der Waals surface area contributed by atoms with Crippen molar-refractivity contribution in [3.05, 3.63) is 45.9 Å². The predicted octanol–water partition coefficient (Wildman–Crippen LogP) is 3.00. The summed E-state index contributed by atoms with van der Waals surface area (Å²) in [5.41, 5.74) is 1.62. The van der Waals surface area contributed by atoms with Crippen molar-refractivity contribution in [2.24, 2.45) is 0 Å². The molecule has 2 aromatic rings. The molecule has 1 aliphatic rings. The van der Waals surface area contributed by atoms with Crippen LogP contribution in [0.1, 0.15) is 27.5 Å². The lowest BCUT2D eigenvalue weighted by atomic mass is 10.1. The van der Waals surface area contributed by atoms with Gasteiger partial charge in [0.15, 0.2) is 9.84 Å². The monoisotopic (exact) mass is 396 g/mol. The van der Waals surface area contributed by atoms with E-state index in [1.807, 2.05) is 30.5 Å². The van der Waals surface area contributed by atoms with Gasteiger partial charge in [0.05, 0.1) is 27.8 Å². The number of benzene rings is 1. The number of rotatable bonds is 5. The van der Waals surface area contributed by atoms with E-state index in [1.165, 1.54) is 0 Å². The molecule has 1 aliphatic heterocycles. The Kier molecular flexibility index (Phi) is 5.50. The fourth-order valence-corrected chi connectivity index (χ4v) is 6.26. The minimum atomic E-state index is -3.02. The summed E-state index contributed by atoms with van der Waals surface area (Å²) in [5, 5.41) is 3.06. The van der Waals surface area contributed by atoms with Gasteiger partial charge in [-0.1, -0.05) is 12.1 Å². The highest BCUT2D eigenvalue weighted by molar-refractivity contribution is 7.98. The standard InChI is InChI=1S/C17H20N2O3S3/c1-12-18-13(9-23-12)10-24-16-6-4-3-5-15(16)17(20)19(2)14-7-8-25(21,22)11-14/h3-6,9,14H,7-8,10-11H2,1-2H3. The van der Waals surface area contributed by atoms with Gasteiger partial charge >= 0.3 is 0 Å². The zero-order chi connectivity index (χ0) is 18.0. The maximum Gasteiger partial charge on any atom is 0.255 e. The molecule has 1 saturated heterocycles. The van der Waals surface area contributed by atoms with Gasteiger partial charge in [0.2, 0.25) is 0 Å². The Morgan fingerprint density at radius 3 is 2.80 bits per heavy atom. The Balaban J connectivity index is 1.74. The van der Waals surface area contributed by atoms with Crippen molar-refractivity contribution in [2.45, 2.75) is 30.0 Å². The normalized spacial score (nSPS) is 19.0. The summed E-state index contributed by atoms with van der Waals surface area (Å²) in [4.78, 5) is 19.8. The molecule has 0 radical (unpaired) electrons. The molecule has 134 valence electrons. The maximum absolute atomic E-state index is 12.9. The molecule has 5 nitrogen and oxygen atoms in total. The Bertz CT molecular complexity index is 877. The van der Waals surface area contributed by atoms with Crippen LogP contribution in [0, 0.1) is 6.92 Å². The van der Waals surface area contributed by atoms with Crippen molar-refractivity contribution in [1.82, 2.24) is 9.88 Å². The number of aryl methyl sites for hydroxylation is 1. The molecule has 8 heteroatoms. The number of hydrogen-bond donors (Lipinski definition) is 0. The van der Waals surface area contributed by atoms with Gasteiger partial charge in [0.25, 0.3) is 5.91 Å². The summed E-state index contributed by atoms with van der Waals surface area (Å²) >= 11 is 3.20. The first-order chi connectivity index (χ1) is 11.9. The average Bonchev–Trinajstić information content (AvgIpc) is 3.17. The van der Waals surface area contributed by atoms with E-state index >= 15 is 0 Å². The summed E-state index contributed by atoms with van der Waals surface area (Å²) in [6.07, 6.45) is 0.512. The van der Waals surface area contributed by atoms with E-state index in [1.54, 1.807) is 41.1 Å². The molecule has 1 aromatic carbocycles. The molecule has 0 aliphatic carbocycles. The molecule has 0 saturated carbocycles. The van der Waals surface area contributed by atoms with Crippen LogP contribution in [0.2, 0.25) is 0 Å². The van der Waals surface area contributed by atoms with Crippen LogP contribution in [0.3, 0.4) is 0 Å². The number of hydrogen-bond acceptors (Lipinski definition) is 6. The van der Waals surface area contributed by atoms with Gasteiger partial charge < -0.3 is 4.90 Å². The molecule has 3 rings (SSSR count). The SMILES string of the molecule is Cc1nc(CSc2ccccc2C(=O)N(C)C2CCS(=O)(=O)C2)cs1. The maximum atomic E-state index is 12.9. The van der Waals surface area contributed by atoms with Crippen molar-refractivity contribution in [3.8, 4) is 0 Å². The van der Waals surface area contributed by atoms with Gasteiger partial charge in [-0.25, -0.2) is 13.4 Å². The van der Waals surface area contributed by atoms with E-state index in [4.69, 9.17) is 0 Å². The highest BCUT2D eigenvalue weighted by atomic mass is 32.2. The van der Waals surface area contributed by atoms with Crippen LogP contribution in [-0.4, -0.2) is 48.8 Å². The van der Waals surface area contributed by atoms with Crippen molar-refractivity contribution >= 4 is 38.8 Å². The van der Waals surface area contributed by atoms with E-state index in [-0.39, 0.29) is 23.5 Å². The third-order valence-corrected chi connectivity index (χ3v) is 7.92. The summed E-state index contributed by atoms with van der Waals surface area (Å²) in [7, 11) is -1.32. The van der Waals surface area contributed by atoms with Crippen molar-refractivity contribution < 1.29 is 13.2 Å². The second-order valence-electron chi connectivity index (χ2n) is 6.12. The zero-order valence-electron chi connectivity index (χ0n) is 14.1. The van der Waals surface area contributed by atoms with Gasteiger partial charge in [-0.3, -0.25) is 4.79 Å². The molecule has 1 aromatic heterocycles. The van der Waals surface area contributed by atoms with Crippen LogP contribution in [0.4, 0.5) is 0 Å². The molecule has 0 bridgehead atoms. The predicted molar refractivity (Wildman–Crippen MR) is 102 cm³/mol.